The van der Waals surface area contributed by atoms with Crippen molar-refractivity contribution >= 4 is 11.9 Å². The molecule has 2 atom stereocenters. The van der Waals surface area contributed by atoms with E-state index in [1.165, 1.54) is 12.1 Å². The molecule has 1 aromatic rings. The van der Waals surface area contributed by atoms with Gasteiger partial charge in [0.25, 0.3) is 5.91 Å². The van der Waals surface area contributed by atoms with Gasteiger partial charge in [-0.3, -0.25) is 4.79 Å². The van der Waals surface area contributed by atoms with Gasteiger partial charge in [-0.15, -0.1) is 0 Å². The van der Waals surface area contributed by atoms with E-state index in [9.17, 15) is 22.8 Å². The fourth-order valence-corrected chi connectivity index (χ4v) is 1.71. The van der Waals surface area contributed by atoms with Crippen LogP contribution in [0.3, 0.4) is 0 Å². The molecular formula is C14H16F3NO4. The van der Waals surface area contributed by atoms with Crippen molar-refractivity contribution in [3.8, 4) is 0 Å². The maximum Gasteiger partial charge on any atom is 0.414 e. The fraction of sp³-hybridized carbons (Fsp3) is 0.429. The molecule has 8 heteroatoms. The highest BCUT2D eigenvalue weighted by Crippen LogP contribution is 2.23. The standard InChI is InChI=1S/C14H16F3NO4/c1-22-13(21)10(7-8-11(19)14(15,16)17)18-12(20)9-5-3-2-4-6-9/h2-6,10-11,19H,7-8H2,1H3,(H,18,20)/t10-,11+/m1/s1. The zero-order valence-electron chi connectivity index (χ0n) is 11.8. The van der Waals surface area contributed by atoms with Gasteiger partial charge in [-0.2, -0.15) is 13.2 Å². The Labute approximate surface area is 125 Å². The third-order valence-electron chi connectivity index (χ3n) is 2.93. The van der Waals surface area contributed by atoms with E-state index in [-0.39, 0.29) is 5.56 Å². The lowest BCUT2D eigenvalue weighted by atomic mass is 10.1. The zero-order chi connectivity index (χ0) is 16.8. The lowest BCUT2D eigenvalue weighted by Crippen LogP contribution is -2.42. The van der Waals surface area contributed by atoms with E-state index >= 15 is 0 Å². The molecule has 1 rings (SSSR count). The quantitative estimate of drug-likeness (QED) is 0.782. The molecule has 0 spiro atoms. The molecule has 0 radical (unpaired) electrons. The van der Waals surface area contributed by atoms with Crippen molar-refractivity contribution < 1.29 is 32.6 Å². The van der Waals surface area contributed by atoms with E-state index in [0.29, 0.717) is 0 Å². The zero-order valence-corrected chi connectivity index (χ0v) is 11.8. The molecule has 0 bridgehead atoms. The van der Waals surface area contributed by atoms with Gasteiger partial charge in [-0.1, -0.05) is 18.2 Å². The molecule has 1 amide bonds. The molecule has 0 saturated carbocycles. The third-order valence-corrected chi connectivity index (χ3v) is 2.93. The Kier molecular flexibility index (Phi) is 6.36. The number of nitrogens with one attached hydrogen (secondary N) is 1. The molecule has 0 heterocycles. The maximum atomic E-state index is 12.3. The first-order valence-electron chi connectivity index (χ1n) is 6.44. The van der Waals surface area contributed by atoms with Gasteiger partial charge in [-0.05, 0) is 25.0 Å². The van der Waals surface area contributed by atoms with Crippen LogP contribution in [0.25, 0.3) is 0 Å². The monoisotopic (exact) mass is 319 g/mol. The summed E-state index contributed by atoms with van der Waals surface area (Å²) in [4.78, 5) is 23.5. The summed E-state index contributed by atoms with van der Waals surface area (Å²) in [7, 11) is 1.06. The van der Waals surface area contributed by atoms with Crippen molar-refractivity contribution in [2.45, 2.75) is 31.2 Å². The van der Waals surface area contributed by atoms with Gasteiger partial charge < -0.3 is 15.2 Å². The average Bonchev–Trinajstić information content (AvgIpc) is 2.49. The molecule has 0 fully saturated rings. The Morgan fingerprint density at radius 1 is 1.23 bits per heavy atom. The summed E-state index contributed by atoms with van der Waals surface area (Å²) in [5.74, 6) is -1.49. The number of hydrogen-bond acceptors (Lipinski definition) is 4. The molecule has 122 valence electrons. The number of amides is 1. The summed E-state index contributed by atoms with van der Waals surface area (Å²) >= 11 is 0. The number of alkyl halides is 3. The minimum Gasteiger partial charge on any atom is -0.467 e. The van der Waals surface area contributed by atoms with Crippen molar-refractivity contribution in [3.05, 3.63) is 35.9 Å². The van der Waals surface area contributed by atoms with Crippen LogP contribution >= 0.6 is 0 Å². The van der Waals surface area contributed by atoms with Crippen molar-refractivity contribution in [2.75, 3.05) is 7.11 Å². The highest BCUT2D eigenvalue weighted by atomic mass is 19.4. The van der Waals surface area contributed by atoms with Crippen molar-refractivity contribution in [2.24, 2.45) is 0 Å². The number of rotatable bonds is 6. The number of benzene rings is 1. The van der Waals surface area contributed by atoms with Crippen LogP contribution in [0.15, 0.2) is 30.3 Å². The van der Waals surface area contributed by atoms with Crippen LogP contribution in [0, 0.1) is 0 Å². The van der Waals surface area contributed by atoms with Crippen LogP contribution in [0.5, 0.6) is 0 Å². The van der Waals surface area contributed by atoms with Gasteiger partial charge in [-0.25, -0.2) is 4.79 Å². The molecule has 22 heavy (non-hydrogen) atoms. The van der Waals surface area contributed by atoms with Gasteiger partial charge in [0, 0.05) is 5.56 Å². The second-order valence-electron chi connectivity index (χ2n) is 4.55. The van der Waals surface area contributed by atoms with Crippen molar-refractivity contribution in [1.29, 1.82) is 0 Å². The highest BCUT2D eigenvalue weighted by molar-refractivity contribution is 5.96. The number of halogens is 3. The Morgan fingerprint density at radius 3 is 2.32 bits per heavy atom. The van der Waals surface area contributed by atoms with Gasteiger partial charge in [0.15, 0.2) is 0 Å². The topological polar surface area (TPSA) is 75.6 Å². The van der Waals surface area contributed by atoms with Gasteiger partial charge in [0.2, 0.25) is 0 Å². The number of esters is 1. The van der Waals surface area contributed by atoms with Crippen molar-refractivity contribution in [1.82, 2.24) is 5.32 Å². The molecule has 2 N–H and O–H groups in total. The first-order chi connectivity index (χ1) is 10.3. The lowest BCUT2D eigenvalue weighted by molar-refractivity contribution is -0.206. The second kappa shape index (κ2) is 7.79. The van der Waals surface area contributed by atoms with E-state index in [0.717, 1.165) is 7.11 Å². The number of hydrogen-bond donors (Lipinski definition) is 2. The van der Waals surface area contributed by atoms with E-state index < -0.39 is 43.0 Å². The minimum absolute atomic E-state index is 0.257. The van der Waals surface area contributed by atoms with E-state index in [2.05, 4.69) is 10.1 Å². The predicted molar refractivity (Wildman–Crippen MR) is 71.0 cm³/mol. The molecule has 0 aliphatic heterocycles. The SMILES string of the molecule is COC(=O)[C@@H](CC[C@H](O)C(F)(F)F)NC(=O)c1ccccc1. The summed E-state index contributed by atoms with van der Waals surface area (Å²) in [6.07, 6.45) is -8.46. The normalized spacial score (nSPS) is 14.0. The van der Waals surface area contributed by atoms with E-state index in [1.54, 1.807) is 18.2 Å². The third kappa shape index (κ3) is 5.36. The summed E-state index contributed by atoms with van der Waals surface area (Å²) in [5.41, 5.74) is 0.257. The largest absolute Gasteiger partial charge is 0.467 e. The molecule has 1 aromatic carbocycles. The number of methoxy groups -OCH3 is 1. The van der Waals surface area contributed by atoms with Crippen LogP contribution in [0.4, 0.5) is 13.2 Å². The molecule has 0 saturated heterocycles. The number of carbonyl (C=O) groups is 2. The van der Waals surface area contributed by atoms with Crippen molar-refractivity contribution in [3.63, 3.8) is 0 Å². The summed E-state index contributed by atoms with van der Waals surface area (Å²) in [6, 6.07) is 6.62. The lowest BCUT2D eigenvalue weighted by Gasteiger charge is -2.19. The smallest absolute Gasteiger partial charge is 0.414 e. The Morgan fingerprint density at radius 2 is 1.82 bits per heavy atom. The maximum absolute atomic E-state index is 12.3. The van der Waals surface area contributed by atoms with Gasteiger partial charge >= 0.3 is 12.1 Å². The highest BCUT2D eigenvalue weighted by Gasteiger charge is 2.38. The van der Waals surface area contributed by atoms with E-state index in [1.807, 2.05) is 0 Å². The summed E-state index contributed by atoms with van der Waals surface area (Å²) in [6.45, 7) is 0. The van der Waals surface area contributed by atoms with Crippen LogP contribution in [-0.4, -0.2) is 42.4 Å². The first-order valence-corrected chi connectivity index (χ1v) is 6.44. The summed E-state index contributed by atoms with van der Waals surface area (Å²) in [5, 5.41) is 11.2. The number of carbonyl (C=O) groups excluding carboxylic acids is 2. The number of aliphatic hydroxyl groups is 1. The fourth-order valence-electron chi connectivity index (χ4n) is 1.71. The first kappa shape index (κ1) is 18.0. The van der Waals surface area contributed by atoms with Crippen LogP contribution in [-0.2, 0) is 9.53 Å². The van der Waals surface area contributed by atoms with Crippen LogP contribution in [0.1, 0.15) is 23.2 Å². The average molecular weight is 319 g/mol. The molecular weight excluding hydrogens is 303 g/mol. The van der Waals surface area contributed by atoms with Gasteiger partial charge in [0.1, 0.15) is 12.1 Å². The molecule has 5 nitrogen and oxygen atoms in total. The molecule has 0 aliphatic rings. The Bertz CT molecular complexity index is 505. The minimum atomic E-state index is -4.77. The van der Waals surface area contributed by atoms with Crippen LogP contribution in [0.2, 0.25) is 0 Å². The predicted octanol–water partition coefficient (Wildman–Crippen LogP) is 1.66. The van der Waals surface area contributed by atoms with E-state index in [4.69, 9.17) is 5.11 Å². The number of aliphatic hydroxyl groups excluding tert-OH is 1. The number of ether oxygens (including phenoxy) is 1. The van der Waals surface area contributed by atoms with Crippen LogP contribution < -0.4 is 5.32 Å². The molecule has 0 unspecified atom stereocenters. The molecule has 0 aromatic heterocycles. The summed E-state index contributed by atoms with van der Waals surface area (Å²) < 4.78 is 41.2. The Balaban J connectivity index is 2.69. The Hall–Kier alpha value is -2.09. The van der Waals surface area contributed by atoms with Gasteiger partial charge in [0.05, 0.1) is 7.11 Å². The molecule has 0 aliphatic carbocycles. The second-order valence-corrected chi connectivity index (χ2v) is 4.55.